The molecular formula is C22H26N2O3S. The maximum Gasteiger partial charge on any atom is 0.255 e. The van der Waals surface area contributed by atoms with Gasteiger partial charge in [-0.25, -0.2) is 8.42 Å². The van der Waals surface area contributed by atoms with E-state index in [4.69, 9.17) is 0 Å². The van der Waals surface area contributed by atoms with Crippen LogP contribution in [-0.2, 0) is 10.0 Å². The Labute approximate surface area is 166 Å². The third-order valence-electron chi connectivity index (χ3n) is 4.84. The van der Waals surface area contributed by atoms with Gasteiger partial charge < -0.3 is 5.32 Å². The van der Waals surface area contributed by atoms with E-state index in [2.05, 4.69) is 10.0 Å². The molecule has 1 aliphatic carbocycles. The quantitative estimate of drug-likeness (QED) is 0.701. The number of rotatable bonds is 6. The van der Waals surface area contributed by atoms with Gasteiger partial charge in [0, 0.05) is 17.3 Å². The lowest BCUT2D eigenvalue weighted by molar-refractivity contribution is 0.0933. The second-order valence-corrected chi connectivity index (χ2v) is 8.67. The van der Waals surface area contributed by atoms with Gasteiger partial charge in [0.1, 0.15) is 0 Å². The molecule has 0 spiro atoms. The number of nitrogens with one attached hydrogen (secondary N) is 2. The summed E-state index contributed by atoms with van der Waals surface area (Å²) in [6, 6.07) is 16.0. The van der Waals surface area contributed by atoms with Gasteiger partial charge in [0.2, 0.25) is 0 Å². The molecule has 0 aromatic heterocycles. The Kier molecular flexibility index (Phi) is 6.87. The molecule has 0 aliphatic heterocycles. The van der Waals surface area contributed by atoms with Gasteiger partial charge in [0.25, 0.3) is 15.9 Å². The van der Waals surface area contributed by atoms with E-state index in [-0.39, 0.29) is 11.9 Å². The normalized spacial score (nSPS) is 15.9. The average molecular weight is 399 g/mol. The molecule has 28 heavy (non-hydrogen) atoms. The van der Waals surface area contributed by atoms with Crippen LogP contribution in [0.15, 0.2) is 60.0 Å². The van der Waals surface area contributed by atoms with E-state index < -0.39 is 10.0 Å². The first-order valence-corrected chi connectivity index (χ1v) is 11.2. The summed E-state index contributed by atoms with van der Waals surface area (Å²) in [6.45, 7) is 0. The van der Waals surface area contributed by atoms with Gasteiger partial charge in [0.15, 0.2) is 0 Å². The Morgan fingerprint density at radius 3 is 2.18 bits per heavy atom. The molecular weight excluding hydrogens is 372 g/mol. The van der Waals surface area contributed by atoms with E-state index >= 15 is 0 Å². The first-order chi connectivity index (χ1) is 13.5. The van der Waals surface area contributed by atoms with E-state index in [0.717, 1.165) is 36.7 Å². The summed E-state index contributed by atoms with van der Waals surface area (Å²) in [5.41, 5.74) is 1.76. The Hall–Kier alpha value is -2.60. The van der Waals surface area contributed by atoms with E-state index in [9.17, 15) is 13.2 Å². The fourth-order valence-electron chi connectivity index (χ4n) is 3.31. The maximum atomic E-state index is 12.4. The van der Waals surface area contributed by atoms with Crippen molar-refractivity contribution in [2.75, 3.05) is 4.72 Å². The molecule has 6 heteroatoms. The van der Waals surface area contributed by atoms with Crippen molar-refractivity contribution in [2.24, 2.45) is 0 Å². The predicted octanol–water partition coefficient (Wildman–Crippen LogP) is 4.55. The number of hydrogen-bond donors (Lipinski definition) is 2. The zero-order valence-corrected chi connectivity index (χ0v) is 16.6. The Morgan fingerprint density at radius 2 is 1.54 bits per heavy atom. The Morgan fingerprint density at radius 1 is 0.893 bits per heavy atom. The summed E-state index contributed by atoms with van der Waals surface area (Å²) in [7, 11) is -3.62. The molecule has 1 amide bonds. The van der Waals surface area contributed by atoms with Crippen molar-refractivity contribution < 1.29 is 13.2 Å². The van der Waals surface area contributed by atoms with Crippen molar-refractivity contribution >= 4 is 27.7 Å². The number of carbonyl (C=O) groups is 1. The van der Waals surface area contributed by atoms with Crippen molar-refractivity contribution in [3.63, 3.8) is 0 Å². The van der Waals surface area contributed by atoms with Crippen LogP contribution in [0.25, 0.3) is 6.08 Å². The van der Waals surface area contributed by atoms with Crippen LogP contribution >= 0.6 is 0 Å². The number of benzene rings is 2. The molecule has 2 aromatic rings. The van der Waals surface area contributed by atoms with Crippen molar-refractivity contribution in [1.29, 1.82) is 0 Å². The van der Waals surface area contributed by atoms with Crippen molar-refractivity contribution in [3.05, 3.63) is 71.1 Å². The SMILES string of the molecule is O=C(NC1CCCCCC1)c1ccc(NS(=O)(=O)/C=C/c2ccccc2)cc1. The van der Waals surface area contributed by atoms with Crippen molar-refractivity contribution in [1.82, 2.24) is 5.32 Å². The van der Waals surface area contributed by atoms with Gasteiger partial charge in [-0.2, -0.15) is 0 Å². The smallest absolute Gasteiger partial charge is 0.255 e. The molecule has 2 N–H and O–H groups in total. The van der Waals surface area contributed by atoms with E-state index in [1.54, 1.807) is 24.3 Å². The molecule has 148 valence electrons. The minimum Gasteiger partial charge on any atom is -0.349 e. The lowest BCUT2D eigenvalue weighted by atomic mass is 10.1. The third-order valence-corrected chi connectivity index (χ3v) is 5.85. The van der Waals surface area contributed by atoms with Gasteiger partial charge in [0.05, 0.1) is 5.41 Å². The molecule has 2 aromatic carbocycles. The monoisotopic (exact) mass is 398 g/mol. The molecule has 0 unspecified atom stereocenters. The topological polar surface area (TPSA) is 75.3 Å². The van der Waals surface area contributed by atoms with Gasteiger partial charge >= 0.3 is 0 Å². The van der Waals surface area contributed by atoms with Gasteiger partial charge in [-0.1, -0.05) is 56.0 Å². The van der Waals surface area contributed by atoms with E-state index in [0.29, 0.717) is 11.3 Å². The van der Waals surface area contributed by atoms with Crippen molar-refractivity contribution in [3.8, 4) is 0 Å². The maximum absolute atomic E-state index is 12.4. The molecule has 0 atom stereocenters. The van der Waals surface area contributed by atoms with Crippen LogP contribution in [0.5, 0.6) is 0 Å². The molecule has 3 rings (SSSR count). The highest BCUT2D eigenvalue weighted by Gasteiger charge is 2.16. The minimum atomic E-state index is -3.62. The van der Waals surface area contributed by atoms with Crippen LogP contribution in [0.1, 0.15) is 54.4 Å². The van der Waals surface area contributed by atoms with E-state index in [1.807, 2.05) is 30.3 Å². The molecule has 1 saturated carbocycles. The van der Waals surface area contributed by atoms with Gasteiger partial charge in [-0.15, -0.1) is 0 Å². The first kappa shape index (κ1) is 20.1. The Balaban J connectivity index is 1.58. The largest absolute Gasteiger partial charge is 0.349 e. The summed E-state index contributed by atoms with van der Waals surface area (Å²) < 4.78 is 26.9. The molecule has 0 heterocycles. The van der Waals surface area contributed by atoms with E-state index in [1.165, 1.54) is 18.9 Å². The molecule has 1 aliphatic rings. The Bertz CT molecular complexity index is 899. The highest BCUT2D eigenvalue weighted by Crippen LogP contribution is 2.18. The van der Waals surface area contributed by atoms with Crippen LogP contribution in [0, 0.1) is 0 Å². The molecule has 1 fully saturated rings. The van der Waals surface area contributed by atoms with Gasteiger partial charge in [-0.05, 0) is 48.7 Å². The highest BCUT2D eigenvalue weighted by atomic mass is 32.2. The molecule has 0 saturated heterocycles. The van der Waals surface area contributed by atoms with Crippen LogP contribution in [0.3, 0.4) is 0 Å². The van der Waals surface area contributed by atoms with Crippen molar-refractivity contribution in [2.45, 2.75) is 44.6 Å². The molecule has 0 radical (unpaired) electrons. The molecule has 5 nitrogen and oxygen atoms in total. The van der Waals surface area contributed by atoms with Crippen LogP contribution in [0.4, 0.5) is 5.69 Å². The van der Waals surface area contributed by atoms with Crippen LogP contribution in [0.2, 0.25) is 0 Å². The second kappa shape index (κ2) is 9.55. The highest BCUT2D eigenvalue weighted by molar-refractivity contribution is 7.95. The summed E-state index contributed by atoms with van der Waals surface area (Å²) in [5, 5.41) is 4.23. The van der Waals surface area contributed by atoms with Crippen LogP contribution in [-0.4, -0.2) is 20.4 Å². The average Bonchev–Trinajstić information content (AvgIpc) is 2.96. The first-order valence-electron chi connectivity index (χ1n) is 9.69. The van der Waals surface area contributed by atoms with Crippen LogP contribution < -0.4 is 10.0 Å². The number of carbonyl (C=O) groups excluding carboxylic acids is 1. The zero-order valence-electron chi connectivity index (χ0n) is 15.8. The summed E-state index contributed by atoms with van der Waals surface area (Å²) in [4.78, 5) is 12.4. The fourth-order valence-corrected chi connectivity index (χ4v) is 4.18. The predicted molar refractivity (Wildman–Crippen MR) is 113 cm³/mol. The summed E-state index contributed by atoms with van der Waals surface area (Å²) in [6.07, 6.45) is 8.37. The number of hydrogen-bond acceptors (Lipinski definition) is 3. The standard InChI is InChI=1S/C22H26N2O3S/c25-22(23-20-10-6-1-2-7-11-20)19-12-14-21(15-13-19)24-28(26,27)17-16-18-8-4-3-5-9-18/h3-5,8-9,12-17,20,24H,1-2,6-7,10-11H2,(H,23,25)/b17-16+. The summed E-state index contributed by atoms with van der Waals surface area (Å²) >= 11 is 0. The zero-order chi connectivity index (χ0) is 19.8. The van der Waals surface area contributed by atoms with Gasteiger partial charge in [-0.3, -0.25) is 9.52 Å². The fraction of sp³-hybridized carbons (Fsp3) is 0.318. The second-order valence-electron chi connectivity index (χ2n) is 7.10. The number of anilines is 1. The molecule has 0 bridgehead atoms. The minimum absolute atomic E-state index is 0.106. The number of amides is 1. The summed E-state index contributed by atoms with van der Waals surface area (Å²) in [5.74, 6) is -0.106. The lowest BCUT2D eigenvalue weighted by Crippen LogP contribution is -2.34. The third kappa shape index (κ3) is 6.23. The lowest BCUT2D eigenvalue weighted by Gasteiger charge is -2.16. The number of sulfonamides is 1.